The van der Waals surface area contributed by atoms with Crippen LogP contribution in [0.1, 0.15) is 17.8 Å². The van der Waals surface area contributed by atoms with Crippen LogP contribution in [-0.2, 0) is 10.0 Å². The van der Waals surface area contributed by atoms with E-state index in [0.717, 1.165) is 41.2 Å². The van der Waals surface area contributed by atoms with Gasteiger partial charge in [0.15, 0.2) is 0 Å². The molecule has 3 aromatic rings. The molecule has 1 aliphatic rings. The highest BCUT2D eigenvalue weighted by atomic mass is 79.9. The number of nitrogens with zero attached hydrogens (tertiary/aromatic N) is 2. The van der Waals surface area contributed by atoms with Crippen LogP contribution in [0.2, 0.25) is 0 Å². The first-order chi connectivity index (χ1) is 15.3. The number of hydrogen-bond acceptors (Lipinski definition) is 5. The van der Waals surface area contributed by atoms with E-state index in [1.54, 1.807) is 47.7 Å². The van der Waals surface area contributed by atoms with Crippen LogP contribution in [0, 0.1) is 5.82 Å². The lowest BCUT2D eigenvalue weighted by Gasteiger charge is -2.42. The second kappa shape index (κ2) is 10.0. The van der Waals surface area contributed by atoms with E-state index in [4.69, 9.17) is 0 Å². The van der Waals surface area contributed by atoms with Crippen LogP contribution < -0.4 is 9.62 Å². The number of nitrogens with one attached hydrogen (secondary N) is 1. The lowest BCUT2D eigenvalue weighted by molar-refractivity contribution is 0.164. The average molecular weight is 539 g/mol. The Morgan fingerprint density at radius 2 is 1.66 bits per heavy atom. The second-order valence-corrected chi connectivity index (χ2v) is 11.4. The molecule has 1 N–H and O–H groups in total. The summed E-state index contributed by atoms with van der Waals surface area (Å²) in [6, 6.07) is 16.9. The molecule has 1 saturated heterocycles. The molecule has 5 nitrogen and oxygen atoms in total. The van der Waals surface area contributed by atoms with Crippen LogP contribution in [0.4, 0.5) is 10.1 Å². The Balaban J connectivity index is 1.49. The Labute approximate surface area is 201 Å². The van der Waals surface area contributed by atoms with Gasteiger partial charge < -0.3 is 4.90 Å². The second-order valence-electron chi connectivity index (χ2n) is 7.82. The molecule has 0 saturated carbocycles. The molecule has 4 rings (SSSR count). The largest absolute Gasteiger partial charge is 0.369 e. The standard InChI is InChI=1S/C23H25BrFN3O2S2/c1-17(26-32(29,30)21-10-4-18(24)5-11-21)23(22-3-2-16-31-22)28-14-12-27(13-15-28)20-8-6-19(25)7-9-20/h2-11,16-17,23,26H,12-15H2,1H3/t17-,23-/m1/s1. The van der Waals surface area contributed by atoms with Gasteiger partial charge in [0, 0.05) is 47.3 Å². The van der Waals surface area contributed by atoms with Crippen molar-refractivity contribution < 1.29 is 12.8 Å². The van der Waals surface area contributed by atoms with Gasteiger partial charge in [0.25, 0.3) is 0 Å². The molecule has 9 heteroatoms. The summed E-state index contributed by atoms with van der Waals surface area (Å²) in [4.78, 5) is 5.95. The quantitative estimate of drug-likeness (QED) is 0.466. The Morgan fingerprint density at radius 1 is 1.00 bits per heavy atom. The third-order valence-electron chi connectivity index (χ3n) is 5.67. The van der Waals surface area contributed by atoms with Gasteiger partial charge in [-0.2, -0.15) is 0 Å². The van der Waals surface area contributed by atoms with Crippen LogP contribution >= 0.6 is 27.3 Å². The molecule has 2 atom stereocenters. The molecule has 0 unspecified atom stereocenters. The zero-order chi connectivity index (χ0) is 22.7. The molecule has 1 fully saturated rings. The van der Waals surface area contributed by atoms with Gasteiger partial charge in [-0.1, -0.05) is 22.0 Å². The van der Waals surface area contributed by atoms with Crippen molar-refractivity contribution in [2.45, 2.75) is 23.9 Å². The van der Waals surface area contributed by atoms with Crippen LogP contribution in [0.15, 0.2) is 75.4 Å². The van der Waals surface area contributed by atoms with Crippen molar-refractivity contribution in [1.82, 2.24) is 9.62 Å². The van der Waals surface area contributed by atoms with Gasteiger partial charge in [-0.25, -0.2) is 17.5 Å². The monoisotopic (exact) mass is 537 g/mol. The van der Waals surface area contributed by atoms with Gasteiger partial charge in [0.2, 0.25) is 10.0 Å². The van der Waals surface area contributed by atoms with E-state index in [9.17, 15) is 12.8 Å². The van der Waals surface area contributed by atoms with E-state index < -0.39 is 10.0 Å². The topological polar surface area (TPSA) is 52.7 Å². The van der Waals surface area contributed by atoms with Crippen molar-refractivity contribution in [3.8, 4) is 0 Å². The molecule has 0 spiro atoms. The van der Waals surface area contributed by atoms with E-state index in [-0.39, 0.29) is 22.8 Å². The number of anilines is 1. The summed E-state index contributed by atoms with van der Waals surface area (Å²) < 4.78 is 43.0. The van der Waals surface area contributed by atoms with Crippen molar-refractivity contribution in [2.24, 2.45) is 0 Å². The Morgan fingerprint density at radius 3 is 2.25 bits per heavy atom. The number of benzene rings is 2. The van der Waals surface area contributed by atoms with E-state index in [2.05, 4.69) is 36.5 Å². The predicted octanol–water partition coefficient (Wildman–Crippen LogP) is 4.88. The molecule has 0 bridgehead atoms. The minimum Gasteiger partial charge on any atom is -0.369 e. The molecule has 1 aliphatic heterocycles. The molecule has 170 valence electrons. The van der Waals surface area contributed by atoms with E-state index in [0.29, 0.717) is 0 Å². The summed E-state index contributed by atoms with van der Waals surface area (Å²) >= 11 is 4.98. The number of hydrogen-bond donors (Lipinski definition) is 1. The zero-order valence-electron chi connectivity index (χ0n) is 17.6. The van der Waals surface area contributed by atoms with Crippen LogP contribution in [0.5, 0.6) is 0 Å². The molecule has 2 heterocycles. The first-order valence-corrected chi connectivity index (χ1v) is 13.5. The third kappa shape index (κ3) is 5.40. The Bertz CT molecular complexity index is 1120. The van der Waals surface area contributed by atoms with Crippen molar-refractivity contribution in [3.63, 3.8) is 0 Å². The van der Waals surface area contributed by atoms with Gasteiger partial charge in [0.05, 0.1) is 10.9 Å². The summed E-state index contributed by atoms with van der Waals surface area (Å²) in [5, 5.41) is 2.02. The zero-order valence-corrected chi connectivity index (χ0v) is 20.8. The SMILES string of the molecule is C[C@@H](NS(=O)(=O)c1ccc(Br)cc1)[C@H](c1cccs1)N1CCN(c2ccc(F)cc2)CC1. The normalized spacial score (nSPS) is 17.3. The summed E-state index contributed by atoms with van der Waals surface area (Å²) in [5.41, 5.74) is 1.00. The summed E-state index contributed by atoms with van der Waals surface area (Å²) in [7, 11) is -3.65. The van der Waals surface area contributed by atoms with Crippen molar-refractivity contribution in [3.05, 3.63) is 81.2 Å². The number of thiophene rings is 1. The van der Waals surface area contributed by atoms with Crippen LogP contribution in [0.3, 0.4) is 0 Å². The number of halogens is 2. The Hall–Kier alpha value is -1.78. The van der Waals surface area contributed by atoms with Crippen LogP contribution in [0.25, 0.3) is 0 Å². The highest BCUT2D eigenvalue weighted by molar-refractivity contribution is 9.10. The van der Waals surface area contributed by atoms with Crippen molar-refractivity contribution in [2.75, 3.05) is 31.1 Å². The van der Waals surface area contributed by atoms with Gasteiger partial charge in [0.1, 0.15) is 5.82 Å². The summed E-state index contributed by atoms with van der Waals surface area (Å²) in [6.45, 7) is 5.07. The van der Waals surface area contributed by atoms with Crippen molar-refractivity contribution >= 4 is 43.0 Å². The minimum absolute atomic E-state index is 0.0735. The maximum absolute atomic E-state index is 13.3. The fourth-order valence-electron chi connectivity index (χ4n) is 4.10. The number of piperazine rings is 1. The lowest BCUT2D eigenvalue weighted by atomic mass is 10.1. The van der Waals surface area contributed by atoms with E-state index >= 15 is 0 Å². The average Bonchev–Trinajstić information content (AvgIpc) is 3.29. The first kappa shape index (κ1) is 23.4. The van der Waals surface area contributed by atoms with Gasteiger partial charge in [-0.3, -0.25) is 4.90 Å². The van der Waals surface area contributed by atoms with Crippen LogP contribution in [-0.4, -0.2) is 45.5 Å². The lowest BCUT2D eigenvalue weighted by Crippen LogP contribution is -2.52. The van der Waals surface area contributed by atoms with Gasteiger partial charge >= 0.3 is 0 Å². The molecule has 2 aromatic carbocycles. The fourth-order valence-corrected chi connectivity index (χ4v) is 6.58. The summed E-state index contributed by atoms with van der Waals surface area (Å²) in [6.07, 6.45) is 0. The van der Waals surface area contributed by atoms with Gasteiger partial charge in [-0.05, 0) is 66.9 Å². The molecule has 0 aliphatic carbocycles. The maximum Gasteiger partial charge on any atom is 0.240 e. The maximum atomic E-state index is 13.3. The fraction of sp³-hybridized carbons (Fsp3) is 0.304. The highest BCUT2D eigenvalue weighted by Gasteiger charge is 2.32. The van der Waals surface area contributed by atoms with Gasteiger partial charge in [-0.15, -0.1) is 11.3 Å². The summed E-state index contributed by atoms with van der Waals surface area (Å²) in [5.74, 6) is -0.239. The molecular weight excluding hydrogens is 513 g/mol. The first-order valence-electron chi connectivity index (χ1n) is 10.4. The molecular formula is C23H25BrFN3O2S2. The third-order valence-corrected chi connectivity index (χ3v) is 8.72. The number of rotatable bonds is 7. The minimum atomic E-state index is -3.65. The predicted molar refractivity (Wildman–Crippen MR) is 131 cm³/mol. The highest BCUT2D eigenvalue weighted by Crippen LogP contribution is 2.31. The van der Waals surface area contributed by atoms with E-state index in [1.807, 2.05) is 18.4 Å². The molecule has 0 amide bonds. The number of sulfonamides is 1. The smallest absolute Gasteiger partial charge is 0.240 e. The molecule has 0 radical (unpaired) electrons. The molecule has 1 aromatic heterocycles. The Kier molecular flexibility index (Phi) is 7.31. The van der Waals surface area contributed by atoms with E-state index in [1.165, 1.54) is 12.1 Å². The van der Waals surface area contributed by atoms with Crippen molar-refractivity contribution in [1.29, 1.82) is 0 Å². The molecule has 32 heavy (non-hydrogen) atoms.